The zero-order valence-electron chi connectivity index (χ0n) is 20.9. The van der Waals surface area contributed by atoms with Gasteiger partial charge in [0, 0.05) is 6.42 Å². The van der Waals surface area contributed by atoms with Crippen LogP contribution >= 0.6 is 0 Å². The fourth-order valence-electron chi connectivity index (χ4n) is 3.25. The van der Waals surface area contributed by atoms with Gasteiger partial charge in [-0.2, -0.15) is 74.6 Å². The Labute approximate surface area is 229 Å². The number of hydrogen-bond acceptors (Lipinski definition) is 4. The summed E-state index contributed by atoms with van der Waals surface area (Å²) in [5, 5.41) is -7.09. The molecule has 0 saturated heterocycles. The van der Waals surface area contributed by atoms with Crippen molar-refractivity contribution < 1.29 is 92.4 Å². The molecule has 1 saturated carbocycles. The molecule has 0 spiro atoms. The third-order valence-corrected chi connectivity index (χ3v) is 9.18. The second-order valence-corrected chi connectivity index (χ2v) is 12.7. The topological polar surface area (TPSA) is 74.3 Å². The van der Waals surface area contributed by atoms with Crippen molar-refractivity contribution in [2.45, 2.75) is 97.7 Å². The highest BCUT2D eigenvalue weighted by atomic mass is 32.2. The zero-order valence-corrected chi connectivity index (χ0v) is 22.5. The van der Waals surface area contributed by atoms with E-state index in [0.29, 0.717) is 16.7 Å². The molecule has 0 aromatic rings. The van der Waals surface area contributed by atoms with Gasteiger partial charge in [0.05, 0.1) is 6.26 Å². The number of alkyl halides is 17. The molecule has 1 unspecified atom stereocenters. The number of hydrogen-bond donors (Lipinski definition) is 0. The van der Waals surface area contributed by atoms with E-state index in [-0.39, 0.29) is 0 Å². The monoisotopic (exact) mass is 700 g/mol. The van der Waals surface area contributed by atoms with Crippen LogP contribution in [0.2, 0.25) is 0 Å². The van der Waals surface area contributed by atoms with Gasteiger partial charge < -0.3 is 4.55 Å². The van der Waals surface area contributed by atoms with Crippen molar-refractivity contribution in [2.24, 2.45) is 0 Å². The van der Waals surface area contributed by atoms with Gasteiger partial charge in [0.1, 0.15) is 5.25 Å². The molecule has 0 bridgehead atoms. The smallest absolute Gasteiger partial charge is 0.460 e. The Kier molecular flexibility index (Phi) is 12.2. The molecule has 252 valence electrons. The van der Waals surface area contributed by atoms with E-state index in [1.54, 1.807) is 0 Å². The Balaban J connectivity index is 0.00000107. The molecular formula is C19H21F17O4S2. The third kappa shape index (κ3) is 7.01. The van der Waals surface area contributed by atoms with Crippen LogP contribution < -0.4 is 0 Å². The molecule has 1 aliphatic rings. The highest BCUT2D eigenvalue weighted by Gasteiger charge is 2.95. The standard InChI is InChI=1S/C11H21OS.C8HF17O3S/c1-3-10(12)9-13(2)11-7-5-4-6-8-11;9-1(10,3(13,14)5(17,18)7(21,22)23)2(11,12)4(15,16)6(19,20)8(24,25)29(26,27)28/h11H,3-9H2,1-2H3;(H,26,27,28)/q+1;/p-1. The molecule has 1 aliphatic carbocycles. The summed E-state index contributed by atoms with van der Waals surface area (Å²) < 4.78 is 244. The summed E-state index contributed by atoms with van der Waals surface area (Å²) in [4.78, 5) is 11.3. The van der Waals surface area contributed by atoms with Crippen molar-refractivity contribution in [1.29, 1.82) is 0 Å². The van der Waals surface area contributed by atoms with Gasteiger partial charge in [0.2, 0.25) is 0 Å². The second-order valence-electron chi connectivity index (χ2n) is 8.90. The van der Waals surface area contributed by atoms with E-state index in [2.05, 4.69) is 6.26 Å². The van der Waals surface area contributed by atoms with Crippen LogP contribution in [0.25, 0.3) is 0 Å². The number of halogens is 17. The van der Waals surface area contributed by atoms with E-state index in [1.165, 1.54) is 32.1 Å². The van der Waals surface area contributed by atoms with Gasteiger partial charge in [-0.15, -0.1) is 0 Å². The lowest BCUT2D eigenvalue weighted by molar-refractivity contribution is -0.458. The summed E-state index contributed by atoms with van der Waals surface area (Å²) in [6.07, 6.45) is 2.05. The molecule has 0 amide bonds. The molecular weight excluding hydrogens is 679 g/mol. The lowest BCUT2D eigenvalue weighted by atomic mass is 9.91. The molecule has 1 rings (SSSR count). The lowest BCUT2D eigenvalue weighted by Crippen LogP contribution is -2.75. The van der Waals surface area contributed by atoms with Crippen LogP contribution in [0.15, 0.2) is 0 Å². The largest absolute Gasteiger partial charge is 0.743 e. The minimum Gasteiger partial charge on any atom is -0.743 e. The Morgan fingerprint density at radius 3 is 1.31 bits per heavy atom. The summed E-state index contributed by atoms with van der Waals surface area (Å²) in [7, 11) is -7.78. The van der Waals surface area contributed by atoms with Crippen LogP contribution in [-0.2, 0) is 25.8 Å². The molecule has 0 N–H and O–H groups in total. The zero-order chi connectivity index (χ0) is 34.2. The molecule has 4 nitrogen and oxygen atoms in total. The average molecular weight is 700 g/mol. The highest BCUT2D eigenvalue weighted by Crippen LogP contribution is 2.64. The Morgan fingerprint density at radius 2 is 1.00 bits per heavy atom. The maximum absolute atomic E-state index is 13.0. The maximum Gasteiger partial charge on any atom is 0.460 e. The Morgan fingerprint density at radius 1 is 0.667 bits per heavy atom. The fourth-order valence-corrected chi connectivity index (χ4v) is 5.78. The summed E-state index contributed by atoms with van der Waals surface area (Å²) in [6.45, 7) is 1.97. The van der Waals surface area contributed by atoms with Crippen molar-refractivity contribution in [3.05, 3.63) is 0 Å². The van der Waals surface area contributed by atoms with Gasteiger partial charge in [0.25, 0.3) is 0 Å². The number of Topliss-reactive ketones (excluding diaryl/α,β-unsaturated/α-hetero) is 1. The summed E-state index contributed by atoms with van der Waals surface area (Å²) >= 11 is 0. The number of carbonyl (C=O) groups excluding carboxylic acids is 1. The second kappa shape index (κ2) is 12.6. The lowest BCUT2D eigenvalue weighted by Gasteiger charge is -2.42. The highest BCUT2D eigenvalue weighted by molar-refractivity contribution is 7.97. The van der Waals surface area contributed by atoms with Gasteiger partial charge >= 0.3 is 47.0 Å². The van der Waals surface area contributed by atoms with E-state index in [4.69, 9.17) is 0 Å². The van der Waals surface area contributed by atoms with Crippen LogP contribution in [0.4, 0.5) is 74.6 Å². The summed E-state index contributed by atoms with van der Waals surface area (Å²) in [5.74, 6) is -50.8. The predicted octanol–water partition coefficient (Wildman–Crippen LogP) is 7.04. The first-order valence-electron chi connectivity index (χ1n) is 11.0. The van der Waals surface area contributed by atoms with E-state index in [1.807, 2.05) is 6.92 Å². The van der Waals surface area contributed by atoms with Crippen LogP contribution in [0.3, 0.4) is 0 Å². The molecule has 0 aromatic carbocycles. The first-order chi connectivity index (χ1) is 18.2. The first-order valence-corrected chi connectivity index (χ1v) is 14.3. The quantitative estimate of drug-likeness (QED) is 0.132. The minimum absolute atomic E-state index is 0.364. The molecule has 23 heteroatoms. The van der Waals surface area contributed by atoms with Gasteiger partial charge in [-0.1, -0.05) is 13.3 Å². The number of carbonyl (C=O) groups is 1. The molecule has 0 aliphatic heterocycles. The molecule has 0 heterocycles. The van der Waals surface area contributed by atoms with Crippen LogP contribution in [-0.4, -0.2) is 83.0 Å². The van der Waals surface area contributed by atoms with Crippen molar-refractivity contribution in [3.8, 4) is 0 Å². The predicted molar refractivity (Wildman–Crippen MR) is 111 cm³/mol. The van der Waals surface area contributed by atoms with E-state index >= 15 is 0 Å². The van der Waals surface area contributed by atoms with E-state index in [9.17, 15) is 92.4 Å². The summed E-state index contributed by atoms with van der Waals surface area (Å²) in [5.41, 5.74) is 0. The number of rotatable bonds is 11. The van der Waals surface area contributed by atoms with Crippen molar-refractivity contribution in [3.63, 3.8) is 0 Å². The third-order valence-electron chi connectivity index (χ3n) is 5.91. The van der Waals surface area contributed by atoms with Gasteiger partial charge in [-0.25, -0.2) is 8.42 Å². The van der Waals surface area contributed by atoms with Crippen molar-refractivity contribution in [1.82, 2.24) is 0 Å². The van der Waals surface area contributed by atoms with Crippen LogP contribution in [0.5, 0.6) is 0 Å². The Bertz CT molecular complexity index is 1040. The van der Waals surface area contributed by atoms with E-state index in [0.717, 1.165) is 17.4 Å². The first kappa shape index (κ1) is 40.7. The van der Waals surface area contributed by atoms with Crippen LogP contribution in [0, 0.1) is 0 Å². The molecule has 1 atom stereocenters. The molecule has 1 fully saturated rings. The normalized spacial score (nSPS) is 18.3. The number of ketones is 1. The average Bonchev–Trinajstić information content (AvgIpc) is 2.82. The van der Waals surface area contributed by atoms with Gasteiger partial charge in [-0.05, 0) is 36.6 Å². The SMILES string of the molecule is CCC(=O)C[S+](C)C1CCCCC1.O=S(=O)([O-])C(F)(F)C(F)(F)C(F)(F)C(F)(F)C(F)(F)C(F)(F)C(F)(F)C(F)(F)F. The Hall–Kier alpha value is -1.26. The maximum atomic E-state index is 13.0. The fraction of sp³-hybridized carbons (Fsp3) is 0.947. The van der Waals surface area contributed by atoms with Gasteiger partial charge in [0.15, 0.2) is 21.7 Å². The van der Waals surface area contributed by atoms with Crippen LogP contribution in [0.1, 0.15) is 45.4 Å². The molecule has 42 heavy (non-hydrogen) atoms. The molecule has 0 aromatic heterocycles. The van der Waals surface area contributed by atoms with Crippen molar-refractivity contribution in [2.75, 3.05) is 12.0 Å². The minimum atomic E-state index is -8.92. The summed E-state index contributed by atoms with van der Waals surface area (Å²) in [6, 6.07) is 0. The molecule has 0 radical (unpaired) electrons. The van der Waals surface area contributed by atoms with Crippen molar-refractivity contribution >= 4 is 26.8 Å². The van der Waals surface area contributed by atoms with Gasteiger partial charge in [-0.3, -0.25) is 4.79 Å². The van der Waals surface area contributed by atoms with E-state index < -0.39 is 57.1 Å².